The van der Waals surface area contributed by atoms with Gasteiger partial charge in [0.2, 0.25) is 17.7 Å². The molecular formula is C28H33N3O5. The van der Waals surface area contributed by atoms with Gasteiger partial charge in [-0.2, -0.15) is 0 Å². The fourth-order valence-electron chi connectivity index (χ4n) is 6.46. The van der Waals surface area contributed by atoms with E-state index in [0.717, 1.165) is 16.7 Å². The summed E-state index contributed by atoms with van der Waals surface area (Å²) in [5, 5.41) is 16.2. The fourth-order valence-corrected chi connectivity index (χ4v) is 6.46. The molecule has 3 aliphatic heterocycles. The molecule has 3 amide bonds. The van der Waals surface area contributed by atoms with E-state index in [2.05, 4.69) is 10.6 Å². The van der Waals surface area contributed by atoms with Crippen molar-refractivity contribution in [1.82, 2.24) is 10.2 Å². The van der Waals surface area contributed by atoms with Gasteiger partial charge in [-0.3, -0.25) is 14.4 Å². The molecule has 2 unspecified atom stereocenters. The Morgan fingerprint density at radius 3 is 2.61 bits per heavy atom. The number of carbonyl (C=O) groups is 3. The smallest absolute Gasteiger partial charge is 0.250 e. The molecule has 190 valence electrons. The van der Waals surface area contributed by atoms with E-state index in [1.807, 2.05) is 62.4 Å². The average Bonchev–Trinajstić information content (AvgIpc) is 3.52. The lowest BCUT2D eigenvalue weighted by Crippen LogP contribution is -2.56. The molecule has 0 radical (unpaired) electrons. The molecule has 2 aromatic carbocycles. The molecule has 3 heterocycles. The van der Waals surface area contributed by atoms with Crippen LogP contribution in [0, 0.1) is 25.7 Å². The molecule has 3 N–H and O–H groups in total. The highest BCUT2D eigenvalue weighted by atomic mass is 16.5. The van der Waals surface area contributed by atoms with Crippen LogP contribution < -0.4 is 10.6 Å². The lowest BCUT2D eigenvalue weighted by molar-refractivity contribution is -0.143. The van der Waals surface area contributed by atoms with Crippen LogP contribution in [0.25, 0.3) is 0 Å². The van der Waals surface area contributed by atoms with E-state index in [1.54, 1.807) is 7.05 Å². The summed E-state index contributed by atoms with van der Waals surface area (Å²) in [7, 11) is 1.55. The highest BCUT2D eigenvalue weighted by Crippen LogP contribution is 2.59. The molecule has 2 bridgehead atoms. The Morgan fingerprint density at radius 2 is 1.92 bits per heavy atom. The maximum absolute atomic E-state index is 14.1. The molecule has 8 heteroatoms. The lowest BCUT2D eigenvalue weighted by atomic mass is 9.70. The molecule has 0 aromatic heterocycles. The van der Waals surface area contributed by atoms with Crippen LogP contribution in [-0.4, -0.2) is 65.2 Å². The van der Waals surface area contributed by atoms with Crippen LogP contribution in [0.2, 0.25) is 0 Å². The molecule has 3 fully saturated rings. The first-order chi connectivity index (χ1) is 17.3. The van der Waals surface area contributed by atoms with Gasteiger partial charge in [0, 0.05) is 12.7 Å². The highest BCUT2D eigenvalue weighted by molar-refractivity contribution is 6.04. The predicted molar refractivity (Wildman–Crippen MR) is 134 cm³/mol. The first-order valence-electron chi connectivity index (χ1n) is 12.5. The first kappa shape index (κ1) is 24.5. The molecule has 3 saturated heterocycles. The summed E-state index contributed by atoms with van der Waals surface area (Å²) >= 11 is 0. The van der Waals surface area contributed by atoms with Crippen molar-refractivity contribution in [3.63, 3.8) is 0 Å². The third-order valence-electron chi connectivity index (χ3n) is 8.10. The van der Waals surface area contributed by atoms with Gasteiger partial charge in [-0.15, -0.1) is 0 Å². The largest absolute Gasteiger partial charge is 0.394 e. The van der Waals surface area contributed by atoms with Crippen LogP contribution >= 0.6 is 0 Å². The predicted octanol–water partition coefficient (Wildman–Crippen LogP) is 1.97. The zero-order valence-electron chi connectivity index (χ0n) is 20.9. The van der Waals surface area contributed by atoms with E-state index in [-0.39, 0.29) is 24.3 Å². The Kier molecular flexibility index (Phi) is 6.34. The number of hydrogen-bond donors (Lipinski definition) is 3. The van der Waals surface area contributed by atoms with Crippen molar-refractivity contribution in [2.75, 3.05) is 19.0 Å². The zero-order valence-corrected chi connectivity index (χ0v) is 20.9. The van der Waals surface area contributed by atoms with Crippen LogP contribution in [0.4, 0.5) is 5.69 Å². The number of aliphatic hydroxyl groups is 1. The molecule has 6 atom stereocenters. The Morgan fingerprint density at radius 1 is 1.17 bits per heavy atom. The van der Waals surface area contributed by atoms with Crippen molar-refractivity contribution in [3.05, 3.63) is 65.2 Å². The van der Waals surface area contributed by atoms with Gasteiger partial charge in [0.15, 0.2) is 0 Å². The molecule has 0 saturated carbocycles. The van der Waals surface area contributed by atoms with Crippen molar-refractivity contribution in [2.24, 2.45) is 11.8 Å². The Labute approximate surface area is 211 Å². The number of rotatable bonds is 7. The lowest BCUT2D eigenvalue weighted by Gasteiger charge is -2.37. The van der Waals surface area contributed by atoms with Crippen molar-refractivity contribution in [2.45, 2.75) is 56.9 Å². The molecule has 36 heavy (non-hydrogen) atoms. The van der Waals surface area contributed by atoms with Crippen molar-refractivity contribution >= 4 is 23.4 Å². The minimum absolute atomic E-state index is 0.251. The van der Waals surface area contributed by atoms with Crippen LogP contribution in [0.1, 0.15) is 29.5 Å². The van der Waals surface area contributed by atoms with Gasteiger partial charge >= 0.3 is 0 Å². The number of anilines is 1. The van der Waals surface area contributed by atoms with Crippen LogP contribution in [0.5, 0.6) is 0 Å². The standard InChI is InChI=1S/C28H33N3O5/c1-16-9-10-17(2)20(13-16)30-26(34)24-28-12-11-21(36-28)22(25(33)29-3)23(28)27(35)31(24)19(15-32)14-18-7-5-4-6-8-18/h4-10,13,19,21-24,32H,11-12,14-15H2,1-3H3,(H,29,33)(H,30,34)/t19-,21+,22-,23+,24?,28?/m1/s1. The monoisotopic (exact) mass is 491 g/mol. The normalized spacial score (nSPS) is 29.2. The average molecular weight is 492 g/mol. The number of nitrogens with zero attached hydrogens (tertiary/aromatic N) is 1. The second-order valence-corrected chi connectivity index (χ2v) is 10.2. The number of aliphatic hydroxyl groups excluding tert-OH is 1. The number of ether oxygens (including phenoxy) is 1. The Hall–Kier alpha value is -3.23. The molecular weight excluding hydrogens is 458 g/mol. The van der Waals surface area contributed by atoms with Gasteiger partial charge in [-0.05, 0) is 55.9 Å². The summed E-state index contributed by atoms with van der Waals surface area (Å²) in [6, 6.07) is 13.8. The van der Waals surface area contributed by atoms with E-state index >= 15 is 0 Å². The number of fused-ring (bicyclic) bond motifs is 1. The molecule has 1 spiro atoms. The van der Waals surface area contributed by atoms with Crippen molar-refractivity contribution in [1.29, 1.82) is 0 Å². The second-order valence-electron chi connectivity index (χ2n) is 10.2. The zero-order chi connectivity index (χ0) is 25.6. The number of likely N-dealkylation sites (tertiary alicyclic amines) is 1. The number of amides is 3. The third-order valence-corrected chi connectivity index (χ3v) is 8.10. The van der Waals surface area contributed by atoms with Crippen molar-refractivity contribution in [3.8, 4) is 0 Å². The summed E-state index contributed by atoms with van der Waals surface area (Å²) in [6.07, 6.45) is 1.09. The molecule has 3 aliphatic rings. The van der Waals surface area contributed by atoms with Gasteiger partial charge in [0.05, 0.1) is 30.6 Å². The molecule has 0 aliphatic carbocycles. The van der Waals surface area contributed by atoms with Crippen LogP contribution in [0.15, 0.2) is 48.5 Å². The quantitative estimate of drug-likeness (QED) is 0.549. The molecule has 8 nitrogen and oxygen atoms in total. The highest BCUT2D eigenvalue weighted by Gasteiger charge is 2.75. The van der Waals surface area contributed by atoms with E-state index < -0.39 is 35.6 Å². The minimum atomic E-state index is -1.11. The summed E-state index contributed by atoms with van der Waals surface area (Å²) in [5.41, 5.74) is 2.42. The fraction of sp³-hybridized carbons (Fsp3) is 0.464. The SMILES string of the molecule is CNC(=O)[C@@H]1[C@@H]2CCC3(O2)C(C(=O)Nc2cc(C)ccc2C)N([C@@H](CO)Cc2ccccc2)C(=O)[C@H]13. The molecule has 2 aromatic rings. The summed E-state index contributed by atoms with van der Waals surface area (Å²) in [5.74, 6) is -2.34. The number of hydrogen-bond acceptors (Lipinski definition) is 5. The van der Waals surface area contributed by atoms with Gasteiger partial charge in [0.1, 0.15) is 11.6 Å². The number of carbonyl (C=O) groups excluding carboxylic acids is 3. The summed E-state index contributed by atoms with van der Waals surface area (Å²) in [4.78, 5) is 42.4. The van der Waals surface area contributed by atoms with Gasteiger partial charge < -0.3 is 25.4 Å². The maximum atomic E-state index is 14.1. The second kappa shape index (κ2) is 9.33. The molecule has 5 rings (SSSR count). The van der Waals surface area contributed by atoms with E-state index in [1.165, 1.54) is 4.90 Å². The minimum Gasteiger partial charge on any atom is -0.394 e. The summed E-state index contributed by atoms with van der Waals surface area (Å²) in [6.45, 7) is 3.55. The Bertz CT molecular complexity index is 1180. The number of nitrogens with one attached hydrogen (secondary N) is 2. The third kappa shape index (κ3) is 3.79. The number of benzene rings is 2. The maximum Gasteiger partial charge on any atom is 0.250 e. The van der Waals surface area contributed by atoms with Crippen molar-refractivity contribution < 1.29 is 24.2 Å². The number of aryl methyl sites for hydroxylation is 2. The van der Waals surface area contributed by atoms with Gasteiger partial charge in [-0.25, -0.2) is 0 Å². The summed E-state index contributed by atoms with van der Waals surface area (Å²) < 4.78 is 6.42. The van der Waals surface area contributed by atoms with Gasteiger partial charge in [-0.1, -0.05) is 42.5 Å². The topological polar surface area (TPSA) is 108 Å². The Balaban J connectivity index is 1.56. The van der Waals surface area contributed by atoms with Gasteiger partial charge in [0.25, 0.3) is 0 Å². The van der Waals surface area contributed by atoms with Crippen LogP contribution in [-0.2, 0) is 25.5 Å². The van der Waals surface area contributed by atoms with Crippen LogP contribution in [0.3, 0.4) is 0 Å². The van der Waals surface area contributed by atoms with E-state index in [4.69, 9.17) is 4.74 Å². The van der Waals surface area contributed by atoms with E-state index in [9.17, 15) is 19.5 Å². The van der Waals surface area contributed by atoms with E-state index in [0.29, 0.717) is 24.9 Å². The first-order valence-corrected chi connectivity index (χ1v) is 12.5.